The second-order valence-corrected chi connectivity index (χ2v) is 5.42. The molecule has 0 atom stereocenters. The van der Waals surface area contributed by atoms with Gasteiger partial charge in [-0.1, -0.05) is 12.1 Å². The van der Waals surface area contributed by atoms with Gasteiger partial charge < -0.3 is 10.1 Å². The number of rotatable bonds is 6. The summed E-state index contributed by atoms with van der Waals surface area (Å²) in [5.41, 5.74) is 1.46. The maximum absolute atomic E-state index is 13.1. The first-order valence-electron chi connectivity index (χ1n) is 7.71. The molecule has 0 fully saturated rings. The van der Waals surface area contributed by atoms with Crippen LogP contribution in [-0.2, 0) is 17.8 Å². The van der Waals surface area contributed by atoms with Crippen LogP contribution in [0.3, 0.4) is 0 Å². The number of ether oxygens (including phenoxy) is 1. The van der Waals surface area contributed by atoms with E-state index in [1.54, 1.807) is 19.2 Å². The van der Waals surface area contributed by atoms with Crippen molar-refractivity contribution < 1.29 is 13.9 Å². The van der Waals surface area contributed by atoms with Gasteiger partial charge in [0.1, 0.15) is 17.4 Å². The zero-order valence-corrected chi connectivity index (χ0v) is 13.6. The monoisotopic (exact) mass is 340 g/mol. The smallest absolute Gasteiger partial charge is 0.224 e. The molecule has 0 aliphatic carbocycles. The van der Waals surface area contributed by atoms with Gasteiger partial charge in [0.2, 0.25) is 5.91 Å². The number of halogens is 1. The highest BCUT2D eigenvalue weighted by Crippen LogP contribution is 2.18. The molecule has 1 aromatic heterocycles. The van der Waals surface area contributed by atoms with E-state index in [1.807, 2.05) is 24.3 Å². The fraction of sp³-hybridized carbons (Fsp3) is 0.167. The molecule has 0 saturated carbocycles. The van der Waals surface area contributed by atoms with E-state index in [1.165, 1.54) is 12.1 Å². The summed E-state index contributed by atoms with van der Waals surface area (Å²) in [5.74, 6) is 1.26. The predicted octanol–water partition coefficient (Wildman–Crippen LogP) is 2.48. The zero-order chi connectivity index (χ0) is 17.6. The minimum atomic E-state index is -0.357. The predicted molar refractivity (Wildman–Crippen MR) is 90.3 cm³/mol. The summed E-state index contributed by atoms with van der Waals surface area (Å²) in [6, 6.07) is 13.3. The number of nitrogens with zero attached hydrogens (tertiary/aromatic N) is 2. The first kappa shape index (κ1) is 16.6. The van der Waals surface area contributed by atoms with E-state index in [9.17, 15) is 9.18 Å². The molecule has 3 aromatic rings. The van der Waals surface area contributed by atoms with Crippen LogP contribution in [0, 0.1) is 5.82 Å². The maximum atomic E-state index is 13.1. The van der Waals surface area contributed by atoms with Gasteiger partial charge in [-0.25, -0.2) is 9.37 Å². The van der Waals surface area contributed by atoms with E-state index in [2.05, 4.69) is 20.5 Å². The second-order valence-electron chi connectivity index (χ2n) is 5.42. The van der Waals surface area contributed by atoms with E-state index in [0.717, 1.165) is 11.3 Å². The van der Waals surface area contributed by atoms with Crippen LogP contribution in [0.15, 0.2) is 48.5 Å². The van der Waals surface area contributed by atoms with Gasteiger partial charge in [0.05, 0.1) is 20.1 Å². The van der Waals surface area contributed by atoms with Crippen molar-refractivity contribution in [1.82, 2.24) is 20.5 Å². The standard InChI is InChI=1S/C18H17FN4O2/c1-25-15-7-5-13(6-8-15)18-21-16(22-23-18)11-20-17(24)10-12-3-2-4-14(19)9-12/h2-9H,10-11H2,1H3,(H,20,24)(H,21,22,23). The minimum absolute atomic E-state index is 0.108. The molecule has 1 heterocycles. The Hall–Kier alpha value is -3.22. The van der Waals surface area contributed by atoms with Crippen LogP contribution in [0.2, 0.25) is 0 Å². The zero-order valence-electron chi connectivity index (χ0n) is 13.6. The van der Waals surface area contributed by atoms with E-state index in [0.29, 0.717) is 17.2 Å². The van der Waals surface area contributed by atoms with Crippen LogP contribution in [0.1, 0.15) is 11.4 Å². The number of hydrogen-bond acceptors (Lipinski definition) is 4. The number of H-pyrrole nitrogens is 1. The molecule has 0 saturated heterocycles. The molecule has 25 heavy (non-hydrogen) atoms. The number of aromatic nitrogens is 3. The maximum Gasteiger partial charge on any atom is 0.224 e. The van der Waals surface area contributed by atoms with Gasteiger partial charge in [-0.3, -0.25) is 9.89 Å². The van der Waals surface area contributed by atoms with Crippen LogP contribution >= 0.6 is 0 Å². The molecule has 0 aliphatic heterocycles. The number of nitrogens with one attached hydrogen (secondary N) is 2. The summed E-state index contributed by atoms with van der Waals surface area (Å²) in [6.45, 7) is 0.220. The Morgan fingerprint density at radius 1 is 1.24 bits per heavy atom. The van der Waals surface area contributed by atoms with E-state index in [4.69, 9.17) is 4.74 Å². The van der Waals surface area contributed by atoms with Crippen molar-refractivity contribution in [2.45, 2.75) is 13.0 Å². The number of carbonyl (C=O) groups excluding carboxylic acids is 1. The third-order valence-corrected chi connectivity index (χ3v) is 3.59. The topological polar surface area (TPSA) is 79.9 Å². The van der Waals surface area contributed by atoms with E-state index in [-0.39, 0.29) is 24.7 Å². The molecule has 0 unspecified atom stereocenters. The van der Waals surface area contributed by atoms with Crippen LogP contribution in [0.5, 0.6) is 5.75 Å². The van der Waals surface area contributed by atoms with Gasteiger partial charge in [0, 0.05) is 5.56 Å². The van der Waals surface area contributed by atoms with Crippen molar-refractivity contribution in [1.29, 1.82) is 0 Å². The lowest BCUT2D eigenvalue weighted by Crippen LogP contribution is -2.25. The van der Waals surface area contributed by atoms with Gasteiger partial charge in [-0.15, -0.1) is 0 Å². The Kier molecular flexibility index (Phi) is 5.03. The SMILES string of the molecule is COc1ccc(-c2n[nH]c(CNC(=O)Cc3cccc(F)c3)n2)cc1. The molecule has 2 aromatic carbocycles. The summed E-state index contributed by atoms with van der Waals surface area (Å²) < 4.78 is 18.2. The summed E-state index contributed by atoms with van der Waals surface area (Å²) >= 11 is 0. The van der Waals surface area contributed by atoms with Gasteiger partial charge >= 0.3 is 0 Å². The average Bonchev–Trinajstić information content (AvgIpc) is 3.09. The lowest BCUT2D eigenvalue weighted by Gasteiger charge is -2.03. The van der Waals surface area contributed by atoms with E-state index >= 15 is 0 Å². The van der Waals surface area contributed by atoms with Crippen LogP contribution < -0.4 is 10.1 Å². The molecule has 128 valence electrons. The Balaban J connectivity index is 1.56. The third kappa shape index (κ3) is 4.41. The molecule has 1 amide bonds. The molecule has 0 aliphatic rings. The van der Waals surface area contributed by atoms with Crippen molar-refractivity contribution >= 4 is 5.91 Å². The number of hydrogen-bond donors (Lipinski definition) is 2. The van der Waals surface area contributed by atoms with Gasteiger partial charge in [-0.05, 0) is 42.0 Å². The highest BCUT2D eigenvalue weighted by Gasteiger charge is 2.08. The highest BCUT2D eigenvalue weighted by molar-refractivity contribution is 5.78. The normalized spacial score (nSPS) is 10.5. The molecule has 3 rings (SSSR count). The molecular weight excluding hydrogens is 323 g/mol. The van der Waals surface area contributed by atoms with Crippen molar-refractivity contribution in [2.75, 3.05) is 7.11 Å². The Morgan fingerprint density at radius 2 is 2.04 bits per heavy atom. The lowest BCUT2D eigenvalue weighted by atomic mass is 10.1. The molecule has 0 bridgehead atoms. The Morgan fingerprint density at radius 3 is 2.76 bits per heavy atom. The Bertz CT molecular complexity index is 862. The van der Waals surface area contributed by atoms with Gasteiger partial charge in [0.15, 0.2) is 5.82 Å². The highest BCUT2D eigenvalue weighted by atomic mass is 19.1. The summed E-state index contributed by atoms with van der Waals surface area (Å²) in [5, 5.41) is 9.67. The first-order valence-corrected chi connectivity index (χ1v) is 7.71. The van der Waals surface area contributed by atoms with Crippen molar-refractivity contribution in [2.24, 2.45) is 0 Å². The summed E-state index contributed by atoms with van der Waals surface area (Å²) in [6.07, 6.45) is 0.108. The molecule has 2 N–H and O–H groups in total. The number of aromatic amines is 1. The van der Waals surface area contributed by atoms with Gasteiger partial charge in [0.25, 0.3) is 0 Å². The molecular formula is C18H17FN4O2. The van der Waals surface area contributed by atoms with Crippen LogP contribution in [0.25, 0.3) is 11.4 Å². The minimum Gasteiger partial charge on any atom is -0.497 e. The largest absolute Gasteiger partial charge is 0.497 e. The second kappa shape index (κ2) is 7.57. The van der Waals surface area contributed by atoms with E-state index < -0.39 is 0 Å². The third-order valence-electron chi connectivity index (χ3n) is 3.59. The van der Waals surface area contributed by atoms with Crippen LogP contribution in [-0.4, -0.2) is 28.2 Å². The average molecular weight is 340 g/mol. The fourth-order valence-electron chi connectivity index (χ4n) is 2.32. The quantitative estimate of drug-likeness (QED) is 0.722. The fourth-order valence-corrected chi connectivity index (χ4v) is 2.32. The van der Waals surface area contributed by atoms with Crippen molar-refractivity contribution in [3.05, 3.63) is 65.7 Å². The molecule has 7 heteroatoms. The summed E-state index contributed by atoms with van der Waals surface area (Å²) in [4.78, 5) is 16.3. The van der Waals surface area contributed by atoms with Crippen molar-refractivity contribution in [3.63, 3.8) is 0 Å². The molecule has 0 radical (unpaired) electrons. The first-order chi connectivity index (χ1) is 12.1. The Labute approximate surface area is 144 Å². The van der Waals surface area contributed by atoms with Crippen molar-refractivity contribution in [3.8, 4) is 17.1 Å². The number of amides is 1. The summed E-state index contributed by atoms with van der Waals surface area (Å²) in [7, 11) is 1.60. The van der Waals surface area contributed by atoms with Crippen LogP contribution in [0.4, 0.5) is 4.39 Å². The lowest BCUT2D eigenvalue weighted by molar-refractivity contribution is -0.120. The van der Waals surface area contributed by atoms with Gasteiger partial charge in [-0.2, -0.15) is 5.10 Å². The number of carbonyl (C=O) groups is 1. The molecule has 6 nitrogen and oxygen atoms in total. The molecule has 0 spiro atoms. The number of methoxy groups -OCH3 is 1. The number of benzene rings is 2.